The Hall–Kier alpha value is -0.890. The number of rotatable bonds is 7. The SMILES string of the molecule is CCC[C@@H](CCCc1cccnc1)NC. The highest BCUT2D eigenvalue weighted by atomic mass is 14.9. The van der Waals surface area contributed by atoms with Crippen molar-refractivity contribution in [3.05, 3.63) is 30.1 Å². The zero-order chi connectivity index (χ0) is 10.9. The Labute approximate surface area is 93.1 Å². The third kappa shape index (κ3) is 4.93. The monoisotopic (exact) mass is 206 g/mol. The molecule has 0 unspecified atom stereocenters. The number of hydrogen-bond acceptors (Lipinski definition) is 2. The largest absolute Gasteiger partial charge is 0.317 e. The molecule has 1 atom stereocenters. The molecule has 0 spiro atoms. The molecule has 0 aliphatic carbocycles. The first-order valence-corrected chi connectivity index (χ1v) is 5.93. The van der Waals surface area contributed by atoms with E-state index in [1.807, 2.05) is 18.5 Å². The van der Waals surface area contributed by atoms with E-state index >= 15 is 0 Å². The number of aryl methyl sites for hydroxylation is 1. The molecule has 0 radical (unpaired) electrons. The van der Waals surface area contributed by atoms with E-state index in [1.54, 1.807) is 0 Å². The first kappa shape index (κ1) is 12.2. The van der Waals surface area contributed by atoms with Crippen molar-refractivity contribution < 1.29 is 0 Å². The Kier molecular flexibility index (Phi) is 6.02. The van der Waals surface area contributed by atoms with E-state index in [0.717, 1.165) is 6.42 Å². The summed E-state index contributed by atoms with van der Waals surface area (Å²) in [5.74, 6) is 0. The van der Waals surface area contributed by atoms with Crippen LogP contribution in [0.15, 0.2) is 24.5 Å². The lowest BCUT2D eigenvalue weighted by Gasteiger charge is -2.14. The fourth-order valence-corrected chi connectivity index (χ4v) is 1.88. The zero-order valence-electron chi connectivity index (χ0n) is 9.87. The maximum absolute atomic E-state index is 4.12. The minimum absolute atomic E-state index is 0.687. The van der Waals surface area contributed by atoms with Crippen LogP contribution < -0.4 is 5.32 Å². The van der Waals surface area contributed by atoms with Gasteiger partial charge >= 0.3 is 0 Å². The van der Waals surface area contributed by atoms with Gasteiger partial charge in [-0.25, -0.2) is 0 Å². The first-order valence-electron chi connectivity index (χ1n) is 5.93. The fraction of sp³-hybridized carbons (Fsp3) is 0.615. The smallest absolute Gasteiger partial charge is 0.0299 e. The zero-order valence-corrected chi connectivity index (χ0v) is 9.87. The molecule has 0 saturated heterocycles. The molecule has 1 heterocycles. The second kappa shape index (κ2) is 7.41. The summed E-state index contributed by atoms with van der Waals surface area (Å²) in [5, 5.41) is 3.37. The summed E-state index contributed by atoms with van der Waals surface area (Å²) < 4.78 is 0. The molecule has 1 aromatic heterocycles. The molecule has 2 nitrogen and oxygen atoms in total. The van der Waals surface area contributed by atoms with Gasteiger partial charge in [-0.2, -0.15) is 0 Å². The summed E-state index contributed by atoms with van der Waals surface area (Å²) in [6, 6.07) is 4.85. The van der Waals surface area contributed by atoms with Crippen molar-refractivity contribution in [2.75, 3.05) is 7.05 Å². The normalized spacial score (nSPS) is 12.7. The summed E-state index contributed by atoms with van der Waals surface area (Å²) in [4.78, 5) is 4.12. The third-order valence-electron chi connectivity index (χ3n) is 2.79. The Morgan fingerprint density at radius 3 is 2.87 bits per heavy atom. The second-order valence-electron chi connectivity index (χ2n) is 4.03. The van der Waals surface area contributed by atoms with Gasteiger partial charge in [-0.1, -0.05) is 19.4 Å². The summed E-state index contributed by atoms with van der Waals surface area (Å²) in [5.41, 5.74) is 1.35. The topological polar surface area (TPSA) is 24.9 Å². The molecule has 84 valence electrons. The highest BCUT2D eigenvalue weighted by Crippen LogP contribution is 2.08. The highest BCUT2D eigenvalue weighted by molar-refractivity contribution is 5.08. The van der Waals surface area contributed by atoms with Crippen LogP contribution in [0.5, 0.6) is 0 Å². The van der Waals surface area contributed by atoms with E-state index in [-0.39, 0.29) is 0 Å². The van der Waals surface area contributed by atoms with Crippen molar-refractivity contribution in [1.82, 2.24) is 10.3 Å². The average Bonchev–Trinajstić information content (AvgIpc) is 2.29. The molecule has 0 aromatic carbocycles. The van der Waals surface area contributed by atoms with E-state index in [2.05, 4.69) is 30.3 Å². The maximum atomic E-state index is 4.12. The maximum Gasteiger partial charge on any atom is 0.0299 e. The van der Waals surface area contributed by atoms with Crippen LogP contribution in [0.1, 0.15) is 38.2 Å². The summed E-state index contributed by atoms with van der Waals surface area (Å²) >= 11 is 0. The van der Waals surface area contributed by atoms with Crippen molar-refractivity contribution in [2.24, 2.45) is 0 Å². The molecule has 0 fully saturated rings. The number of nitrogens with zero attached hydrogens (tertiary/aromatic N) is 1. The molecule has 15 heavy (non-hydrogen) atoms. The van der Waals surface area contributed by atoms with Crippen LogP contribution in [-0.4, -0.2) is 18.1 Å². The van der Waals surface area contributed by atoms with Crippen LogP contribution in [0.2, 0.25) is 0 Å². The number of pyridine rings is 1. The minimum Gasteiger partial charge on any atom is -0.317 e. The van der Waals surface area contributed by atoms with E-state index in [1.165, 1.54) is 31.2 Å². The molecule has 0 amide bonds. The summed E-state index contributed by atoms with van der Waals surface area (Å²) in [7, 11) is 2.06. The lowest BCUT2D eigenvalue weighted by Crippen LogP contribution is -2.24. The number of nitrogens with one attached hydrogen (secondary N) is 1. The van der Waals surface area contributed by atoms with Gasteiger partial charge in [0.05, 0.1) is 0 Å². The quantitative estimate of drug-likeness (QED) is 0.742. The number of aromatic nitrogens is 1. The minimum atomic E-state index is 0.687. The van der Waals surface area contributed by atoms with Gasteiger partial charge in [-0.15, -0.1) is 0 Å². The predicted molar refractivity (Wildman–Crippen MR) is 64.9 cm³/mol. The van der Waals surface area contributed by atoms with Gasteiger partial charge in [0.1, 0.15) is 0 Å². The lowest BCUT2D eigenvalue weighted by atomic mass is 10.0. The van der Waals surface area contributed by atoms with Crippen LogP contribution >= 0.6 is 0 Å². The second-order valence-corrected chi connectivity index (χ2v) is 4.03. The molecule has 0 aliphatic rings. The van der Waals surface area contributed by atoms with Crippen molar-refractivity contribution in [3.8, 4) is 0 Å². The first-order chi connectivity index (χ1) is 7.36. The molecule has 2 heteroatoms. The van der Waals surface area contributed by atoms with Crippen molar-refractivity contribution in [1.29, 1.82) is 0 Å². The molecular formula is C13H22N2. The van der Waals surface area contributed by atoms with Gasteiger partial charge in [-0.3, -0.25) is 4.98 Å². The Bertz CT molecular complexity index is 246. The molecule has 0 aliphatic heterocycles. The van der Waals surface area contributed by atoms with Gasteiger partial charge in [0.25, 0.3) is 0 Å². The van der Waals surface area contributed by atoms with E-state index < -0.39 is 0 Å². The van der Waals surface area contributed by atoms with Crippen LogP contribution in [0.25, 0.3) is 0 Å². The van der Waals surface area contributed by atoms with Crippen molar-refractivity contribution in [2.45, 2.75) is 45.1 Å². The van der Waals surface area contributed by atoms with Crippen molar-refractivity contribution in [3.63, 3.8) is 0 Å². The van der Waals surface area contributed by atoms with Gasteiger partial charge in [-0.05, 0) is 44.4 Å². The third-order valence-corrected chi connectivity index (χ3v) is 2.79. The average molecular weight is 206 g/mol. The van der Waals surface area contributed by atoms with E-state index in [9.17, 15) is 0 Å². The van der Waals surface area contributed by atoms with Gasteiger partial charge in [0.15, 0.2) is 0 Å². The van der Waals surface area contributed by atoms with Crippen LogP contribution in [0.4, 0.5) is 0 Å². The number of hydrogen-bond donors (Lipinski definition) is 1. The molecule has 1 N–H and O–H groups in total. The van der Waals surface area contributed by atoms with Crippen molar-refractivity contribution >= 4 is 0 Å². The summed E-state index contributed by atoms with van der Waals surface area (Å²) in [6.45, 7) is 2.24. The highest BCUT2D eigenvalue weighted by Gasteiger charge is 2.03. The van der Waals surface area contributed by atoms with Gasteiger partial charge in [0, 0.05) is 18.4 Å². The van der Waals surface area contributed by atoms with E-state index in [0.29, 0.717) is 6.04 Å². The predicted octanol–water partition coefficient (Wildman–Crippen LogP) is 2.79. The van der Waals surface area contributed by atoms with Gasteiger partial charge in [0.2, 0.25) is 0 Å². The van der Waals surface area contributed by atoms with Gasteiger partial charge < -0.3 is 5.32 Å². The lowest BCUT2D eigenvalue weighted by molar-refractivity contribution is 0.469. The fourth-order valence-electron chi connectivity index (χ4n) is 1.88. The summed E-state index contributed by atoms with van der Waals surface area (Å²) in [6.07, 6.45) is 10.00. The molecule has 1 aromatic rings. The Balaban J connectivity index is 2.20. The Morgan fingerprint density at radius 1 is 1.40 bits per heavy atom. The standard InChI is InChI=1S/C13H22N2/c1-3-6-13(14-2)9-4-7-12-8-5-10-15-11-12/h5,8,10-11,13-14H,3-4,6-7,9H2,1-2H3/t13-/m0/s1. The molecule has 1 rings (SSSR count). The molecule has 0 saturated carbocycles. The van der Waals surface area contributed by atoms with Crippen LogP contribution in [-0.2, 0) is 6.42 Å². The van der Waals surface area contributed by atoms with E-state index in [4.69, 9.17) is 0 Å². The molecular weight excluding hydrogens is 184 g/mol. The molecule has 0 bridgehead atoms. The Morgan fingerprint density at radius 2 is 2.27 bits per heavy atom. The van der Waals surface area contributed by atoms with Crippen LogP contribution in [0.3, 0.4) is 0 Å². The van der Waals surface area contributed by atoms with Crippen LogP contribution in [0, 0.1) is 0 Å².